The van der Waals surface area contributed by atoms with Crippen LogP contribution in [0.25, 0.3) is 0 Å². The summed E-state index contributed by atoms with van der Waals surface area (Å²) in [5.74, 6) is -3.75. The highest BCUT2D eigenvalue weighted by Gasteiger charge is 2.13. The standard InChI is InChI=1S/C13H13NO7/c1-21-11(16)3-2-10(15)14-9-5-7(12(17)18)4-8(6-9)13(19)20/h4-6H,2-3H2,1H3,(H,14,15)(H,17,18)(H,19,20). The molecule has 0 heterocycles. The minimum absolute atomic E-state index is 0.0298. The number of esters is 1. The number of carbonyl (C=O) groups is 4. The van der Waals surface area contributed by atoms with E-state index in [9.17, 15) is 19.2 Å². The monoisotopic (exact) mass is 295 g/mol. The first-order valence-electron chi connectivity index (χ1n) is 5.82. The summed E-state index contributed by atoms with van der Waals surface area (Å²) in [7, 11) is 1.19. The van der Waals surface area contributed by atoms with Gasteiger partial charge in [0.2, 0.25) is 5.91 Å². The summed E-state index contributed by atoms with van der Waals surface area (Å²) in [6, 6.07) is 3.24. The van der Waals surface area contributed by atoms with Crippen LogP contribution in [0.4, 0.5) is 5.69 Å². The van der Waals surface area contributed by atoms with Gasteiger partial charge in [-0.3, -0.25) is 9.59 Å². The Balaban J connectivity index is 2.87. The molecule has 0 atom stereocenters. The molecule has 0 aliphatic rings. The van der Waals surface area contributed by atoms with Crippen LogP contribution in [-0.2, 0) is 14.3 Å². The van der Waals surface area contributed by atoms with Gasteiger partial charge in [0.15, 0.2) is 0 Å². The van der Waals surface area contributed by atoms with E-state index in [0.29, 0.717) is 0 Å². The molecule has 8 heteroatoms. The van der Waals surface area contributed by atoms with Gasteiger partial charge in [-0.25, -0.2) is 9.59 Å². The van der Waals surface area contributed by atoms with Crippen molar-refractivity contribution in [2.24, 2.45) is 0 Å². The first-order valence-corrected chi connectivity index (χ1v) is 5.82. The Labute approximate surface area is 119 Å². The van der Waals surface area contributed by atoms with Gasteiger partial charge in [-0.15, -0.1) is 0 Å². The molecule has 3 N–H and O–H groups in total. The SMILES string of the molecule is COC(=O)CCC(=O)Nc1cc(C(=O)O)cc(C(=O)O)c1. The average Bonchev–Trinajstić information content (AvgIpc) is 2.44. The fraction of sp³-hybridized carbons (Fsp3) is 0.231. The minimum atomic E-state index is -1.32. The molecule has 0 aliphatic heterocycles. The van der Waals surface area contributed by atoms with Crippen molar-refractivity contribution in [2.45, 2.75) is 12.8 Å². The molecule has 0 saturated heterocycles. The van der Waals surface area contributed by atoms with E-state index in [2.05, 4.69) is 10.1 Å². The van der Waals surface area contributed by atoms with Crippen LogP contribution in [-0.4, -0.2) is 41.1 Å². The summed E-state index contributed by atoms with van der Waals surface area (Å²) in [5, 5.41) is 20.1. The van der Waals surface area contributed by atoms with Crippen LogP contribution >= 0.6 is 0 Å². The van der Waals surface area contributed by atoms with E-state index in [1.54, 1.807) is 0 Å². The lowest BCUT2D eigenvalue weighted by molar-refractivity contribution is -0.141. The number of carboxylic acid groups (broad SMARTS) is 2. The number of anilines is 1. The zero-order valence-corrected chi connectivity index (χ0v) is 11.1. The molecule has 0 aliphatic carbocycles. The summed E-state index contributed by atoms with van der Waals surface area (Å²) >= 11 is 0. The number of carbonyl (C=O) groups excluding carboxylic acids is 2. The summed E-state index contributed by atoms with van der Waals surface area (Å²) in [5.41, 5.74) is -0.501. The van der Waals surface area contributed by atoms with Crippen LogP contribution in [0, 0.1) is 0 Å². The predicted molar refractivity (Wildman–Crippen MR) is 70.2 cm³/mol. The molecule has 1 aromatic carbocycles. The van der Waals surface area contributed by atoms with E-state index < -0.39 is 23.8 Å². The Morgan fingerprint density at radius 1 is 1.00 bits per heavy atom. The zero-order valence-electron chi connectivity index (χ0n) is 11.1. The van der Waals surface area contributed by atoms with Crippen LogP contribution in [0.2, 0.25) is 0 Å². The Morgan fingerprint density at radius 3 is 1.95 bits per heavy atom. The number of carboxylic acids is 2. The number of methoxy groups -OCH3 is 1. The predicted octanol–water partition coefficient (Wildman–Crippen LogP) is 0.975. The molecule has 0 unspecified atom stereocenters. The fourth-order valence-electron chi connectivity index (χ4n) is 1.49. The maximum Gasteiger partial charge on any atom is 0.335 e. The molecule has 1 aromatic rings. The molecule has 0 bridgehead atoms. The van der Waals surface area contributed by atoms with Crippen molar-refractivity contribution in [3.05, 3.63) is 29.3 Å². The van der Waals surface area contributed by atoms with Crippen molar-refractivity contribution in [2.75, 3.05) is 12.4 Å². The number of ether oxygens (including phenoxy) is 1. The first kappa shape index (κ1) is 16.2. The number of aromatic carboxylic acids is 2. The summed E-state index contributed by atoms with van der Waals surface area (Å²) in [4.78, 5) is 44.3. The molecule has 1 rings (SSSR count). The third-order valence-electron chi connectivity index (χ3n) is 2.49. The van der Waals surface area contributed by atoms with Crippen LogP contribution in [0.3, 0.4) is 0 Å². The molecule has 1 amide bonds. The lowest BCUT2D eigenvalue weighted by atomic mass is 10.1. The number of rotatable bonds is 6. The second-order valence-corrected chi connectivity index (χ2v) is 4.03. The van der Waals surface area contributed by atoms with Gasteiger partial charge in [0, 0.05) is 12.1 Å². The van der Waals surface area contributed by atoms with Crippen molar-refractivity contribution >= 4 is 29.5 Å². The Kier molecular flexibility index (Phi) is 5.41. The van der Waals surface area contributed by atoms with Gasteiger partial charge >= 0.3 is 17.9 Å². The highest BCUT2D eigenvalue weighted by molar-refractivity contribution is 5.98. The van der Waals surface area contributed by atoms with E-state index in [1.807, 2.05) is 0 Å². The number of nitrogens with one attached hydrogen (secondary N) is 1. The largest absolute Gasteiger partial charge is 0.478 e. The summed E-state index contributed by atoms with van der Waals surface area (Å²) in [6.45, 7) is 0. The van der Waals surface area contributed by atoms with Crippen molar-refractivity contribution in [3.63, 3.8) is 0 Å². The Morgan fingerprint density at radius 2 is 1.52 bits per heavy atom. The highest BCUT2D eigenvalue weighted by atomic mass is 16.5. The normalized spacial score (nSPS) is 9.76. The first-order chi connectivity index (χ1) is 9.83. The molecule has 112 valence electrons. The van der Waals surface area contributed by atoms with Gasteiger partial charge in [0.1, 0.15) is 0 Å². The third-order valence-corrected chi connectivity index (χ3v) is 2.49. The maximum atomic E-state index is 11.6. The molecule has 8 nitrogen and oxygen atoms in total. The minimum Gasteiger partial charge on any atom is -0.478 e. The quantitative estimate of drug-likeness (QED) is 0.666. The molecular weight excluding hydrogens is 282 g/mol. The number of hydrogen-bond donors (Lipinski definition) is 3. The van der Waals surface area contributed by atoms with Crippen molar-refractivity contribution in [1.29, 1.82) is 0 Å². The van der Waals surface area contributed by atoms with Gasteiger partial charge in [0.05, 0.1) is 24.7 Å². The van der Waals surface area contributed by atoms with Crippen molar-refractivity contribution in [3.8, 4) is 0 Å². The number of amides is 1. The smallest absolute Gasteiger partial charge is 0.335 e. The van der Waals surface area contributed by atoms with E-state index in [4.69, 9.17) is 10.2 Å². The maximum absolute atomic E-state index is 11.6. The van der Waals surface area contributed by atoms with E-state index in [-0.39, 0.29) is 29.7 Å². The van der Waals surface area contributed by atoms with E-state index in [1.165, 1.54) is 7.11 Å². The third kappa shape index (κ3) is 4.94. The van der Waals surface area contributed by atoms with Gasteiger partial charge in [-0.1, -0.05) is 0 Å². The number of benzene rings is 1. The molecule has 0 fully saturated rings. The van der Waals surface area contributed by atoms with Gasteiger partial charge in [-0.05, 0) is 18.2 Å². The van der Waals surface area contributed by atoms with Gasteiger partial charge in [-0.2, -0.15) is 0 Å². The fourth-order valence-corrected chi connectivity index (χ4v) is 1.49. The van der Waals surface area contributed by atoms with Gasteiger partial charge < -0.3 is 20.3 Å². The second kappa shape index (κ2) is 7.04. The average molecular weight is 295 g/mol. The van der Waals surface area contributed by atoms with Crippen LogP contribution in [0.5, 0.6) is 0 Å². The number of hydrogen-bond acceptors (Lipinski definition) is 5. The molecule has 21 heavy (non-hydrogen) atoms. The second-order valence-electron chi connectivity index (χ2n) is 4.03. The van der Waals surface area contributed by atoms with Crippen molar-refractivity contribution < 1.29 is 34.1 Å². The topological polar surface area (TPSA) is 130 Å². The zero-order chi connectivity index (χ0) is 16.0. The van der Waals surface area contributed by atoms with Gasteiger partial charge in [0.25, 0.3) is 0 Å². The highest BCUT2D eigenvalue weighted by Crippen LogP contribution is 2.16. The van der Waals surface area contributed by atoms with E-state index >= 15 is 0 Å². The molecule has 0 radical (unpaired) electrons. The van der Waals surface area contributed by atoms with Crippen LogP contribution in [0.1, 0.15) is 33.6 Å². The van der Waals surface area contributed by atoms with E-state index in [0.717, 1.165) is 18.2 Å². The molecule has 0 aromatic heterocycles. The lowest BCUT2D eigenvalue weighted by Gasteiger charge is -2.07. The molecule has 0 saturated carbocycles. The Bertz CT molecular complexity index is 562. The molecular formula is C13H13NO7. The summed E-state index contributed by atoms with van der Waals surface area (Å²) in [6.07, 6.45) is -0.293. The van der Waals surface area contributed by atoms with Crippen LogP contribution in [0.15, 0.2) is 18.2 Å². The lowest BCUT2D eigenvalue weighted by Crippen LogP contribution is -2.15. The van der Waals surface area contributed by atoms with Crippen molar-refractivity contribution in [1.82, 2.24) is 0 Å². The van der Waals surface area contributed by atoms with Crippen LogP contribution < -0.4 is 5.32 Å². The molecule has 0 spiro atoms. The Hall–Kier alpha value is -2.90. The summed E-state index contributed by atoms with van der Waals surface area (Å²) < 4.78 is 4.38.